The van der Waals surface area contributed by atoms with E-state index in [-0.39, 0.29) is 36.3 Å². The number of carbonyl (C=O) groups is 1. The van der Waals surface area contributed by atoms with Crippen molar-refractivity contribution in [3.8, 4) is 0 Å². The zero-order valence-corrected chi connectivity index (χ0v) is 11.5. The van der Waals surface area contributed by atoms with Crippen LogP contribution >= 0.6 is 12.4 Å². The maximum Gasteiger partial charge on any atom is 0.227 e. The zero-order chi connectivity index (χ0) is 13.1. The second kappa shape index (κ2) is 6.82. The van der Waals surface area contributed by atoms with E-state index in [0.717, 1.165) is 0 Å². The predicted molar refractivity (Wildman–Crippen MR) is 71.4 cm³/mol. The van der Waals surface area contributed by atoms with Crippen LogP contribution < -0.4 is 5.32 Å². The van der Waals surface area contributed by atoms with E-state index in [0.29, 0.717) is 19.6 Å². The Morgan fingerprint density at radius 2 is 2.05 bits per heavy atom. The van der Waals surface area contributed by atoms with Gasteiger partial charge in [0.05, 0.1) is 6.42 Å². The lowest BCUT2D eigenvalue weighted by Crippen LogP contribution is -2.51. The maximum absolute atomic E-state index is 13.4. The van der Waals surface area contributed by atoms with Crippen LogP contribution in [0.4, 0.5) is 8.78 Å². The molecule has 0 bridgehead atoms. The molecule has 0 radical (unpaired) electrons. The monoisotopic (exact) mass is 290 g/mol. The molecule has 1 aliphatic rings. The molecular formula is C13H17ClF2N2O. The molecule has 1 saturated heterocycles. The normalized spacial score (nSPS) is 18.9. The summed E-state index contributed by atoms with van der Waals surface area (Å²) in [4.78, 5) is 13.6. The van der Waals surface area contributed by atoms with Gasteiger partial charge in [-0.05, 0) is 19.1 Å². The predicted octanol–water partition coefficient (Wildman–Crippen LogP) is 1.75. The van der Waals surface area contributed by atoms with E-state index in [4.69, 9.17) is 0 Å². The fourth-order valence-electron chi connectivity index (χ4n) is 2.12. The Kier molecular flexibility index (Phi) is 5.69. The molecule has 0 aliphatic carbocycles. The van der Waals surface area contributed by atoms with E-state index in [2.05, 4.69) is 5.32 Å². The molecule has 0 saturated carbocycles. The average molecular weight is 291 g/mol. The first-order valence-electron chi connectivity index (χ1n) is 6.02. The van der Waals surface area contributed by atoms with Gasteiger partial charge in [0.25, 0.3) is 0 Å². The lowest BCUT2D eigenvalue weighted by molar-refractivity contribution is -0.131. The summed E-state index contributed by atoms with van der Waals surface area (Å²) in [5, 5.41) is 3.21. The Bertz CT molecular complexity index is 436. The molecule has 0 spiro atoms. The number of hydrogen-bond acceptors (Lipinski definition) is 2. The molecule has 1 amide bonds. The second-order valence-corrected chi connectivity index (χ2v) is 4.57. The smallest absolute Gasteiger partial charge is 0.227 e. The summed E-state index contributed by atoms with van der Waals surface area (Å²) in [5.74, 6) is -1.55. The van der Waals surface area contributed by atoms with Gasteiger partial charge in [0.2, 0.25) is 5.91 Å². The van der Waals surface area contributed by atoms with Gasteiger partial charge < -0.3 is 10.2 Å². The minimum absolute atomic E-state index is 0. The first-order chi connectivity index (χ1) is 8.58. The molecule has 2 rings (SSSR count). The van der Waals surface area contributed by atoms with Crippen LogP contribution in [0.15, 0.2) is 18.2 Å². The Hall–Kier alpha value is -1.20. The van der Waals surface area contributed by atoms with E-state index >= 15 is 0 Å². The first-order valence-corrected chi connectivity index (χ1v) is 6.02. The number of hydrogen-bond donors (Lipinski definition) is 1. The lowest BCUT2D eigenvalue weighted by Gasteiger charge is -2.32. The van der Waals surface area contributed by atoms with Gasteiger partial charge in [-0.1, -0.05) is 6.07 Å². The standard InChI is InChI=1S/C13H16F2N2O.ClH/c1-9-8-17(6-5-16-9)13(18)7-10-11(14)3-2-4-12(10)15;/h2-4,9,16H,5-8H2,1H3;1H. The molecule has 6 heteroatoms. The molecule has 1 N–H and O–H groups in total. The number of halogens is 3. The zero-order valence-electron chi connectivity index (χ0n) is 10.7. The van der Waals surface area contributed by atoms with Gasteiger partial charge in [-0.15, -0.1) is 12.4 Å². The molecule has 106 valence electrons. The van der Waals surface area contributed by atoms with Crippen molar-refractivity contribution in [3.63, 3.8) is 0 Å². The van der Waals surface area contributed by atoms with Crippen LogP contribution in [-0.2, 0) is 11.2 Å². The summed E-state index contributed by atoms with van der Waals surface area (Å²) in [7, 11) is 0. The molecule has 1 atom stereocenters. The molecule has 1 aromatic carbocycles. The van der Waals surface area contributed by atoms with Crippen molar-refractivity contribution in [1.82, 2.24) is 10.2 Å². The SMILES string of the molecule is CC1CN(C(=O)Cc2c(F)cccc2F)CCN1.Cl. The minimum atomic E-state index is -0.661. The Labute approximate surface area is 117 Å². The van der Waals surface area contributed by atoms with Crippen LogP contribution in [0.25, 0.3) is 0 Å². The van der Waals surface area contributed by atoms with Crippen molar-refractivity contribution in [2.75, 3.05) is 19.6 Å². The molecule has 3 nitrogen and oxygen atoms in total. The maximum atomic E-state index is 13.4. The van der Waals surface area contributed by atoms with Gasteiger partial charge in [0, 0.05) is 31.2 Å². The van der Waals surface area contributed by atoms with Crippen molar-refractivity contribution < 1.29 is 13.6 Å². The summed E-state index contributed by atoms with van der Waals surface area (Å²) in [6.07, 6.45) is -0.217. The fourth-order valence-corrected chi connectivity index (χ4v) is 2.12. The minimum Gasteiger partial charge on any atom is -0.340 e. The van der Waals surface area contributed by atoms with E-state index in [1.165, 1.54) is 18.2 Å². The third kappa shape index (κ3) is 3.88. The topological polar surface area (TPSA) is 32.3 Å². The fraction of sp³-hybridized carbons (Fsp3) is 0.462. The van der Waals surface area contributed by atoms with Gasteiger partial charge >= 0.3 is 0 Å². The molecule has 1 aliphatic heterocycles. The molecule has 19 heavy (non-hydrogen) atoms. The van der Waals surface area contributed by atoms with Gasteiger partial charge in [-0.3, -0.25) is 4.79 Å². The van der Waals surface area contributed by atoms with Crippen LogP contribution in [0.5, 0.6) is 0 Å². The summed E-state index contributed by atoms with van der Waals surface area (Å²) in [6.45, 7) is 3.85. The van der Waals surface area contributed by atoms with Gasteiger partial charge in [-0.25, -0.2) is 8.78 Å². The Balaban J connectivity index is 0.00000180. The average Bonchev–Trinajstić information content (AvgIpc) is 2.34. The molecule has 1 aromatic rings. The van der Waals surface area contributed by atoms with Crippen molar-refractivity contribution in [1.29, 1.82) is 0 Å². The molecule has 1 heterocycles. The van der Waals surface area contributed by atoms with E-state index in [1.54, 1.807) is 4.90 Å². The number of rotatable bonds is 2. The summed E-state index contributed by atoms with van der Waals surface area (Å²) >= 11 is 0. The van der Waals surface area contributed by atoms with E-state index < -0.39 is 11.6 Å². The molecular weight excluding hydrogens is 274 g/mol. The molecule has 1 unspecified atom stereocenters. The van der Waals surface area contributed by atoms with Crippen LogP contribution in [0.2, 0.25) is 0 Å². The first kappa shape index (κ1) is 15.9. The summed E-state index contributed by atoms with van der Waals surface area (Å²) in [5.41, 5.74) is -0.145. The van der Waals surface area contributed by atoms with Crippen LogP contribution in [0.3, 0.4) is 0 Å². The van der Waals surface area contributed by atoms with E-state index in [1.807, 2.05) is 6.92 Å². The Morgan fingerprint density at radius 1 is 1.42 bits per heavy atom. The number of amides is 1. The van der Waals surface area contributed by atoms with Gasteiger partial charge in [0.15, 0.2) is 0 Å². The number of benzene rings is 1. The summed E-state index contributed by atoms with van der Waals surface area (Å²) < 4.78 is 26.9. The quantitative estimate of drug-likeness (QED) is 0.900. The highest BCUT2D eigenvalue weighted by Crippen LogP contribution is 2.14. The van der Waals surface area contributed by atoms with Gasteiger partial charge in [-0.2, -0.15) is 0 Å². The number of piperazine rings is 1. The number of nitrogens with one attached hydrogen (secondary N) is 1. The number of carbonyl (C=O) groups excluding carboxylic acids is 1. The van der Waals surface area contributed by atoms with Crippen molar-refractivity contribution >= 4 is 18.3 Å². The van der Waals surface area contributed by atoms with Gasteiger partial charge in [0.1, 0.15) is 11.6 Å². The summed E-state index contributed by atoms with van der Waals surface area (Å²) in [6, 6.07) is 3.86. The largest absolute Gasteiger partial charge is 0.340 e. The second-order valence-electron chi connectivity index (χ2n) is 4.57. The number of nitrogens with zero attached hydrogens (tertiary/aromatic N) is 1. The van der Waals surface area contributed by atoms with Crippen LogP contribution in [-0.4, -0.2) is 36.5 Å². The van der Waals surface area contributed by atoms with E-state index in [9.17, 15) is 13.6 Å². The van der Waals surface area contributed by atoms with Crippen LogP contribution in [0.1, 0.15) is 12.5 Å². The van der Waals surface area contributed by atoms with Crippen molar-refractivity contribution in [3.05, 3.63) is 35.4 Å². The van der Waals surface area contributed by atoms with Crippen molar-refractivity contribution in [2.24, 2.45) is 0 Å². The Morgan fingerprint density at radius 3 is 2.63 bits per heavy atom. The van der Waals surface area contributed by atoms with Crippen molar-refractivity contribution in [2.45, 2.75) is 19.4 Å². The highest BCUT2D eigenvalue weighted by atomic mass is 35.5. The third-order valence-electron chi connectivity index (χ3n) is 3.11. The highest BCUT2D eigenvalue weighted by molar-refractivity contribution is 5.85. The molecule has 1 fully saturated rings. The lowest BCUT2D eigenvalue weighted by atomic mass is 10.1. The third-order valence-corrected chi connectivity index (χ3v) is 3.11. The highest BCUT2D eigenvalue weighted by Gasteiger charge is 2.22. The molecule has 0 aromatic heterocycles. The van der Waals surface area contributed by atoms with Crippen LogP contribution in [0, 0.1) is 11.6 Å².